The Hall–Kier alpha value is -2.39. The van der Waals surface area contributed by atoms with Crippen molar-refractivity contribution < 1.29 is 13.2 Å². The molecule has 0 N–H and O–H groups in total. The summed E-state index contributed by atoms with van der Waals surface area (Å²) in [5, 5.41) is 0.539. The van der Waals surface area contributed by atoms with Gasteiger partial charge in [-0.05, 0) is 49.4 Å². The van der Waals surface area contributed by atoms with Crippen LogP contribution in [0.25, 0.3) is 11.3 Å². The quantitative estimate of drug-likeness (QED) is 0.508. The molecule has 1 saturated heterocycles. The maximum atomic E-state index is 13.0. The molecule has 32 heavy (non-hydrogen) atoms. The molecule has 0 unspecified atom stereocenters. The third-order valence-electron chi connectivity index (χ3n) is 5.21. The van der Waals surface area contributed by atoms with Crippen LogP contribution in [-0.4, -0.2) is 55.5 Å². The number of nitrogens with zero attached hydrogens (tertiary/aromatic N) is 4. The highest BCUT2D eigenvalue weighted by molar-refractivity contribution is 7.89. The Balaban J connectivity index is 1.46. The van der Waals surface area contributed by atoms with Crippen molar-refractivity contribution >= 4 is 39.0 Å². The molecule has 0 saturated carbocycles. The van der Waals surface area contributed by atoms with Gasteiger partial charge in [-0.25, -0.2) is 18.4 Å². The standard InChI is InChI=1S/C22H22Cl2N4O3S/c1-2-31-17-5-3-16(4-6-17)21-14-22(26-15-25-21)27-9-11-28(12-10-27)32(29,30)18-7-8-19(23)20(24)13-18/h3-8,13-15H,2,9-12H2,1H3. The first-order valence-corrected chi connectivity index (χ1v) is 12.3. The Labute approximate surface area is 197 Å². The van der Waals surface area contributed by atoms with Crippen molar-refractivity contribution in [3.8, 4) is 17.0 Å². The molecule has 1 aliphatic heterocycles. The van der Waals surface area contributed by atoms with Crippen LogP contribution >= 0.6 is 23.2 Å². The summed E-state index contributed by atoms with van der Waals surface area (Å²) < 4.78 is 32.9. The summed E-state index contributed by atoms with van der Waals surface area (Å²) >= 11 is 11.9. The fraction of sp³-hybridized carbons (Fsp3) is 0.273. The fourth-order valence-corrected chi connectivity index (χ4v) is 5.32. The summed E-state index contributed by atoms with van der Waals surface area (Å²) in [6.45, 7) is 4.26. The number of piperazine rings is 1. The Bertz CT molecular complexity index is 1200. The average Bonchev–Trinajstić information content (AvgIpc) is 2.82. The molecule has 2 heterocycles. The van der Waals surface area contributed by atoms with Crippen molar-refractivity contribution in [2.45, 2.75) is 11.8 Å². The van der Waals surface area contributed by atoms with Gasteiger partial charge < -0.3 is 9.64 Å². The smallest absolute Gasteiger partial charge is 0.243 e. The number of hydrogen-bond donors (Lipinski definition) is 0. The molecule has 3 aromatic rings. The molecule has 0 radical (unpaired) electrons. The summed E-state index contributed by atoms with van der Waals surface area (Å²) in [4.78, 5) is 11.0. The number of benzene rings is 2. The minimum Gasteiger partial charge on any atom is -0.494 e. The first kappa shape index (κ1) is 22.8. The molecule has 0 aliphatic carbocycles. The number of ether oxygens (including phenoxy) is 1. The number of sulfonamides is 1. The van der Waals surface area contributed by atoms with E-state index < -0.39 is 10.0 Å². The Morgan fingerprint density at radius 1 is 0.938 bits per heavy atom. The SMILES string of the molecule is CCOc1ccc(-c2cc(N3CCN(S(=O)(=O)c4ccc(Cl)c(Cl)c4)CC3)ncn2)cc1. The molecule has 7 nitrogen and oxygen atoms in total. The number of aromatic nitrogens is 2. The highest BCUT2D eigenvalue weighted by atomic mass is 35.5. The zero-order chi connectivity index (χ0) is 22.7. The van der Waals surface area contributed by atoms with E-state index in [1.165, 1.54) is 28.8 Å². The number of anilines is 1. The third-order valence-corrected chi connectivity index (χ3v) is 7.84. The lowest BCUT2D eigenvalue weighted by Gasteiger charge is -2.34. The normalized spacial score (nSPS) is 15.0. The van der Waals surface area contributed by atoms with Crippen molar-refractivity contribution in [2.24, 2.45) is 0 Å². The van der Waals surface area contributed by atoms with Crippen molar-refractivity contribution in [3.63, 3.8) is 0 Å². The van der Waals surface area contributed by atoms with Gasteiger partial charge in [0.2, 0.25) is 10.0 Å². The van der Waals surface area contributed by atoms with Crippen LogP contribution in [0.5, 0.6) is 5.75 Å². The van der Waals surface area contributed by atoms with Crippen LogP contribution < -0.4 is 9.64 Å². The summed E-state index contributed by atoms with van der Waals surface area (Å²) in [5.41, 5.74) is 1.75. The largest absolute Gasteiger partial charge is 0.494 e. The van der Waals surface area contributed by atoms with Crippen LogP contribution in [0, 0.1) is 0 Å². The maximum Gasteiger partial charge on any atom is 0.243 e. The van der Waals surface area contributed by atoms with E-state index in [4.69, 9.17) is 27.9 Å². The lowest BCUT2D eigenvalue weighted by atomic mass is 10.1. The lowest BCUT2D eigenvalue weighted by molar-refractivity contribution is 0.340. The first-order valence-electron chi connectivity index (χ1n) is 10.1. The van der Waals surface area contributed by atoms with E-state index in [0.29, 0.717) is 37.8 Å². The van der Waals surface area contributed by atoms with Crippen molar-refractivity contribution in [1.82, 2.24) is 14.3 Å². The van der Waals surface area contributed by atoms with Gasteiger partial charge in [0.1, 0.15) is 17.9 Å². The van der Waals surface area contributed by atoms with E-state index in [9.17, 15) is 8.42 Å². The number of rotatable bonds is 6. The molecule has 1 aliphatic rings. The van der Waals surface area contributed by atoms with Gasteiger partial charge in [-0.3, -0.25) is 0 Å². The molecular formula is C22H22Cl2N4O3S. The molecule has 4 rings (SSSR count). The van der Waals surface area contributed by atoms with E-state index in [1.54, 1.807) is 0 Å². The van der Waals surface area contributed by atoms with Gasteiger partial charge in [-0.15, -0.1) is 0 Å². The molecule has 10 heteroatoms. The van der Waals surface area contributed by atoms with Crippen LogP contribution in [0.4, 0.5) is 5.82 Å². The second-order valence-electron chi connectivity index (χ2n) is 7.19. The molecule has 0 atom stereocenters. The van der Waals surface area contributed by atoms with Gasteiger partial charge in [-0.1, -0.05) is 23.2 Å². The highest BCUT2D eigenvalue weighted by Gasteiger charge is 2.29. The molecule has 0 spiro atoms. The van der Waals surface area contributed by atoms with Crippen molar-refractivity contribution in [2.75, 3.05) is 37.7 Å². The van der Waals surface area contributed by atoms with Gasteiger partial charge >= 0.3 is 0 Å². The minimum absolute atomic E-state index is 0.139. The topological polar surface area (TPSA) is 75.6 Å². The predicted octanol–water partition coefficient (Wildman–Crippen LogP) is 4.36. The maximum absolute atomic E-state index is 13.0. The fourth-order valence-electron chi connectivity index (χ4n) is 3.51. The molecule has 0 amide bonds. The van der Waals surface area contributed by atoms with Crippen molar-refractivity contribution in [1.29, 1.82) is 0 Å². The summed E-state index contributed by atoms with van der Waals surface area (Å²) in [5.74, 6) is 1.57. The summed E-state index contributed by atoms with van der Waals surface area (Å²) in [6.07, 6.45) is 1.53. The van der Waals surface area contributed by atoms with E-state index in [0.717, 1.165) is 22.8 Å². The lowest BCUT2D eigenvalue weighted by Crippen LogP contribution is -2.48. The summed E-state index contributed by atoms with van der Waals surface area (Å²) in [7, 11) is -3.65. The zero-order valence-corrected chi connectivity index (χ0v) is 19.7. The Kier molecular flexibility index (Phi) is 6.85. The van der Waals surface area contributed by atoms with Gasteiger partial charge in [0, 0.05) is 37.8 Å². The molecule has 0 bridgehead atoms. The van der Waals surface area contributed by atoms with E-state index in [1.807, 2.05) is 37.3 Å². The monoisotopic (exact) mass is 492 g/mol. The summed E-state index contributed by atoms with van der Waals surface area (Å²) in [6, 6.07) is 14.0. The average molecular weight is 493 g/mol. The number of halogens is 2. The van der Waals surface area contributed by atoms with Crippen LogP contribution in [0.15, 0.2) is 59.8 Å². The van der Waals surface area contributed by atoms with Crippen LogP contribution in [0.3, 0.4) is 0 Å². The molecule has 1 aromatic heterocycles. The highest BCUT2D eigenvalue weighted by Crippen LogP contribution is 2.28. The van der Waals surface area contributed by atoms with E-state index >= 15 is 0 Å². The molecule has 1 fully saturated rings. The van der Waals surface area contributed by atoms with Gasteiger partial charge in [-0.2, -0.15) is 4.31 Å². The van der Waals surface area contributed by atoms with Gasteiger partial charge in [0.25, 0.3) is 0 Å². The van der Waals surface area contributed by atoms with Gasteiger partial charge in [0.05, 0.1) is 27.2 Å². The third kappa shape index (κ3) is 4.83. The first-order chi connectivity index (χ1) is 15.4. The Morgan fingerprint density at radius 2 is 1.66 bits per heavy atom. The van der Waals surface area contributed by atoms with Crippen LogP contribution in [0.1, 0.15) is 6.92 Å². The minimum atomic E-state index is -3.65. The van der Waals surface area contributed by atoms with E-state index in [-0.39, 0.29) is 9.92 Å². The zero-order valence-electron chi connectivity index (χ0n) is 17.4. The predicted molar refractivity (Wildman–Crippen MR) is 126 cm³/mol. The Morgan fingerprint density at radius 3 is 2.31 bits per heavy atom. The van der Waals surface area contributed by atoms with Crippen molar-refractivity contribution in [3.05, 3.63) is 64.9 Å². The second kappa shape index (κ2) is 9.62. The van der Waals surface area contributed by atoms with Crippen LogP contribution in [-0.2, 0) is 10.0 Å². The van der Waals surface area contributed by atoms with E-state index in [2.05, 4.69) is 14.9 Å². The molecular weight excluding hydrogens is 471 g/mol. The molecule has 168 valence electrons. The van der Waals surface area contributed by atoms with Crippen LogP contribution in [0.2, 0.25) is 10.0 Å². The van der Waals surface area contributed by atoms with Gasteiger partial charge in [0.15, 0.2) is 0 Å². The molecule has 2 aromatic carbocycles. The second-order valence-corrected chi connectivity index (χ2v) is 9.94. The number of hydrogen-bond acceptors (Lipinski definition) is 6.